The first kappa shape index (κ1) is 12.2. The smallest absolute Gasteiger partial charge is 0.242 e. The predicted molar refractivity (Wildman–Crippen MR) is 73.2 cm³/mol. The van der Waals surface area contributed by atoms with Crippen molar-refractivity contribution in [3.63, 3.8) is 0 Å². The molecule has 5 heteroatoms. The number of fused-ring (bicyclic) bond motifs is 1. The molecule has 1 amide bonds. The lowest BCUT2D eigenvalue weighted by atomic mass is 10.2. The summed E-state index contributed by atoms with van der Waals surface area (Å²) in [4.78, 5) is 16.0. The fourth-order valence-electron chi connectivity index (χ4n) is 2.60. The van der Waals surface area contributed by atoms with Gasteiger partial charge in [0, 0.05) is 30.4 Å². The van der Waals surface area contributed by atoms with Gasteiger partial charge in [-0.05, 0) is 25.2 Å². The highest BCUT2D eigenvalue weighted by Gasteiger charge is 2.26. The Morgan fingerprint density at radius 2 is 2.16 bits per heavy atom. The van der Waals surface area contributed by atoms with E-state index in [1.165, 1.54) is 0 Å². The minimum atomic E-state index is -0.0589. The predicted octanol–water partition coefficient (Wildman–Crippen LogP) is 0.710. The van der Waals surface area contributed by atoms with Gasteiger partial charge in [-0.3, -0.25) is 14.6 Å². The lowest BCUT2D eigenvalue weighted by Gasteiger charge is -2.32. The molecule has 0 unspecified atom stereocenters. The maximum Gasteiger partial charge on any atom is 0.242 e. The molecule has 2 aromatic heterocycles. The second-order valence-corrected chi connectivity index (χ2v) is 4.93. The molecule has 0 radical (unpaired) electrons. The molecule has 19 heavy (non-hydrogen) atoms. The second-order valence-electron chi connectivity index (χ2n) is 4.93. The van der Waals surface area contributed by atoms with E-state index < -0.39 is 0 Å². The molecule has 3 heterocycles. The van der Waals surface area contributed by atoms with Gasteiger partial charge in [0.15, 0.2) is 0 Å². The molecule has 5 nitrogen and oxygen atoms in total. The Morgan fingerprint density at radius 1 is 1.32 bits per heavy atom. The normalized spacial score (nSPS) is 17.4. The van der Waals surface area contributed by atoms with Crippen molar-refractivity contribution >= 4 is 17.2 Å². The summed E-state index contributed by atoms with van der Waals surface area (Å²) in [5.41, 5.74) is 1.79. The van der Waals surface area contributed by atoms with Crippen molar-refractivity contribution in [1.82, 2.24) is 9.30 Å². The number of aliphatic hydroxyl groups is 1. The van der Waals surface area contributed by atoms with E-state index >= 15 is 0 Å². The van der Waals surface area contributed by atoms with Crippen molar-refractivity contribution in [2.75, 3.05) is 31.6 Å². The third-order valence-corrected chi connectivity index (χ3v) is 3.57. The lowest BCUT2D eigenvalue weighted by molar-refractivity contribution is -0.120. The number of aromatic nitrogens is 1. The van der Waals surface area contributed by atoms with Crippen LogP contribution in [0.2, 0.25) is 0 Å². The van der Waals surface area contributed by atoms with Crippen molar-refractivity contribution in [2.24, 2.45) is 0 Å². The molecule has 1 aliphatic rings. The van der Waals surface area contributed by atoms with Gasteiger partial charge in [0.25, 0.3) is 0 Å². The molecule has 0 aromatic carbocycles. The highest BCUT2D eigenvalue weighted by atomic mass is 16.3. The minimum absolute atomic E-state index is 0.0589. The zero-order chi connectivity index (χ0) is 13.4. The number of hydrogen-bond acceptors (Lipinski definition) is 3. The maximum atomic E-state index is 12.2. The van der Waals surface area contributed by atoms with Gasteiger partial charge in [-0.2, -0.15) is 0 Å². The molecular formula is C14H17N3O2. The number of anilines is 1. The summed E-state index contributed by atoms with van der Waals surface area (Å²) >= 11 is 0. The van der Waals surface area contributed by atoms with Crippen LogP contribution in [-0.4, -0.2) is 47.0 Å². The van der Waals surface area contributed by atoms with Crippen LogP contribution in [0, 0.1) is 0 Å². The molecule has 1 saturated heterocycles. The highest BCUT2D eigenvalue weighted by Crippen LogP contribution is 2.27. The van der Waals surface area contributed by atoms with E-state index in [0.29, 0.717) is 13.1 Å². The van der Waals surface area contributed by atoms with E-state index in [0.717, 1.165) is 23.4 Å². The third-order valence-electron chi connectivity index (χ3n) is 3.57. The SMILES string of the molecule is CN1CCN(c2c(CO)cc3ccccn23)C(=O)C1. The molecular weight excluding hydrogens is 242 g/mol. The number of piperazine rings is 1. The maximum absolute atomic E-state index is 12.2. The van der Waals surface area contributed by atoms with Gasteiger partial charge in [0.2, 0.25) is 5.91 Å². The van der Waals surface area contributed by atoms with Crippen molar-refractivity contribution in [3.05, 3.63) is 36.0 Å². The van der Waals surface area contributed by atoms with E-state index in [4.69, 9.17) is 0 Å². The molecule has 0 spiro atoms. The molecule has 0 atom stereocenters. The number of likely N-dealkylation sites (N-methyl/N-ethyl adjacent to an activating group) is 1. The summed E-state index contributed by atoms with van der Waals surface area (Å²) in [7, 11) is 1.94. The van der Waals surface area contributed by atoms with Crippen LogP contribution in [0.3, 0.4) is 0 Å². The fourth-order valence-corrected chi connectivity index (χ4v) is 2.60. The molecule has 0 aliphatic carbocycles. The first-order valence-corrected chi connectivity index (χ1v) is 6.39. The Labute approximate surface area is 111 Å². The van der Waals surface area contributed by atoms with Gasteiger partial charge in [-0.1, -0.05) is 6.07 Å². The Bertz CT molecular complexity index is 620. The van der Waals surface area contributed by atoms with Crippen LogP contribution in [-0.2, 0) is 11.4 Å². The van der Waals surface area contributed by atoms with Gasteiger partial charge < -0.3 is 9.51 Å². The average Bonchev–Trinajstić information content (AvgIpc) is 2.77. The van der Waals surface area contributed by atoms with Crippen molar-refractivity contribution < 1.29 is 9.90 Å². The van der Waals surface area contributed by atoms with Crippen molar-refractivity contribution in [2.45, 2.75) is 6.61 Å². The van der Waals surface area contributed by atoms with Crippen molar-refractivity contribution in [1.29, 1.82) is 0 Å². The zero-order valence-electron chi connectivity index (χ0n) is 10.9. The zero-order valence-corrected chi connectivity index (χ0v) is 10.9. The van der Waals surface area contributed by atoms with Crippen LogP contribution in [0.25, 0.3) is 5.52 Å². The number of pyridine rings is 1. The van der Waals surface area contributed by atoms with E-state index in [1.807, 2.05) is 46.8 Å². The number of carbonyl (C=O) groups excluding carboxylic acids is 1. The van der Waals surface area contributed by atoms with Gasteiger partial charge in [0.05, 0.1) is 13.2 Å². The van der Waals surface area contributed by atoms with Crippen LogP contribution < -0.4 is 4.90 Å². The number of carbonyl (C=O) groups is 1. The van der Waals surface area contributed by atoms with Crippen molar-refractivity contribution in [3.8, 4) is 0 Å². The summed E-state index contributed by atoms with van der Waals surface area (Å²) in [5, 5.41) is 9.53. The molecule has 0 bridgehead atoms. The molecule has 1 aliphatic heterocycles. The Morgan fingerprint density at radius 3 is 2.89 bits per heavy atom. The first-order chi connectivity index (χ1) is 9.20. The third kappa shape index (κ3) is 2.01. The molecule has 0 saturated carbocycles. The molecule has 1 N–H and O–H groups in total. The standard InChI is InChI=1S/C14H17N3O2/c1-15-6-7-17(13(19)9-15)14-11(10-18)8-12-4-2-3-5-16(12)14/h2-5,8,18H,6-7,9-10H2,1H3. The highest BCUT2D eigenvalue weighted by molar-refractivity contribution is 5.96. The largest absolute Gasteiger partial charge is 0.392 e. The molecule has 3 rings (SSSR count). The van der Waals surface area contributed by atoms with E-state index in [1.54, 1.807) is 4.90 Å². The van der Waals surface area contributed by atoms with Crippen LogP contribution in [0.1, 0.15) is 5.56 Å². The summed E-state index contributed by atoms with van der Waals surface area (Å²) in [6.45, 7) is 1.86. The summed E-state index contributed by atoms with van der Waals surface area (Å²) in [5.74, 6) is 0.878. The van der Waals surface area contributed by atoms with Gasteiger partial charge in [-0.15, -0.1) is 0 Å². The fraction of sp³-hybridized carbons (Fsp3) is 0.357. The molecule has 2 aromatic rings. The molecule has 1 fully saturated rings. The van der Waals surface area contributed by atoms with E-state index in [9.17, 15) is 9.90 Å². The van der Waals surface area contributed by atoms with Crippen LogP contribution >= 0.6 is 0 Å². The van der Waals surface area contributed by atoms with Gasteiger partial charge in [0.1, 0.15) is 5.82 Å². The summed E-state index contributed by atoms with van der Waals surface area (Å²) < 4.78 is 1.97. The Hall–Kier alpha value is -1.85. The lowest BCUT2D eigenvalue weighted by Crippen LogP contribution is -2.49. The molecule has 100 valence electrons. The summed E-state index contributed by atoms with van der Waals surface area (Å²) in [6.07, 6.45) is 1.93. The van der Waals surface area contributed by atoms with E-state index in [-0.39, 0.29) is 12.5 Å². The van der Waals surface area contributed by atoms with Gasteiger partial charge >= 0.3 is 0 Å². The average molecular weight is 259 g/mol. The number of rotatable bonds is 2. The number of nitrogens with zero attached hydrogens (tertiary/aromatic N) is 3. The monoisotopic (exact) mass is 259 g/mol. The summed E-state index contributed by atoms with van der Waals surface area (Å²) in [6, 6.07) is 7.79. The van der Waals surface area contributed by atoms with Crippen LogP contribution in [0.5, 0.6) is 0 Å². The Balaban J connectivity index is 2.10. The van der Waals surface area contributed by atoms with Crippen LogP contribution in [0.4, 0.5) is 5.82 Å². The topological polar surface area (TPSA) is 48.2 Å². The van der Waals surface area contributed by atoms with E-state index in [2.05, 4.69) is 0 Å². The first-order valence-electron chi connectivity index (χ1n) is 6.39. The number of hydrogen-bond donors (Lipinski definition) is 1. The van der Waals surface area contributed by atoms with Gasteiger partial charge in [-0.25, -0.2) is 0 Å². The number of aliphatic hydroxyl groups excluding tert-OH is 1. The number of amides is 1. The Kier molecular flexibility index (Phi) is 3.00. The second kappa shape index (κ2) is 4.68. The quantitative estimate of drug-likeness (QED) is 0.864. The minimum Gasteiger partial charge on any atom is -0.392 e. The van der Waals surface area contributed by atoms with Crippen LogP contribution in [0.15, 0.2) is 30.5 Å².